The van der Waals surface area contributed by atoms with E-state index >= 15 is 0 Å². The molecule has 0 bridgehead atoms. The maximum Gasteiger partial charge on any atom is 0.339 e. The molecule has 96 valence electrons. The van der Waals surface area contributed by atoms with Crippen LogP contribution in [0.3, 0.4) is 0 Å². The van der Waals surface area contributed by atoms with E-state index in [-0.39, 0.29) is 5.56 Å². The maximum absolute atomic E-state index is 10.9. The van der Waals surface area contributed by atoms with Gasteiger partial charge in [-0.3, -0.25) is 0 Å². The minimum atomic E-state index is -0.939. The molecule has 1 unspecified atom stereocenters. The number of carbonyl (C=O) groups is 1. The number of rotatable bonds is 7. The Bertz CT molecular complexity index is 357. The Kier molecular flexibility index (Phi) is 5.22. The maximum atomic E-state index is 10.9. The quantitative estimate of drug-likeness (QED) is 0.768. The predicted octanol–water partition coefficient (Wildman–Crippen LogP) is 2.89. The van der Waals surface area contributed by atoms with Gasteiger partial charge in [0.15, 0.2) is 0 Å². The van der Waals surface area contributed by atoms with Crippen molar-refractivity contribution < 1.29 is 14.3 Å². The Hall–Kier alpha value is -1.29. The highest BCUT2D eigenvalue weighted by Gasteiger charge is 2.13. The van der Waals surface area contributed by atoms with Crippen LogP contribution in [0.1, 0.15) is 49.7 Å². The van der Waals surface area contributed by atoms with Crippen LogP contribution >= 0.6 is 0 Å². The van der Waals surface area contributed by atoms with Gasteiger partial charge >= 0.3 is 5.97 Å². The third kappa shape index (κ3) is 4.61. The van der Waals surface area contributed by atoms with Crippen LogP contribution in [0.4, 0.5) is 0 Å². The van der Waals surface area contributed by atoms with E-state index in [0.717, 1.165) is 12.8 Å². The summed E-state index contributed by atoms with van der Waals surface area (Å²) in [6.45, 7) is 6.96. The Labute approximate surface area is 102 Å². The van der Waals surface area contributed by atoms with Crippen LogP contribution in [-0.2, 0) is 6.54 Å². The predicted molar refractivity (Wildman–Crippen MR) is 66.0 cm³/mol. The Morgan fingerprint density at radius 1 is 1.41 bits per heavy atom. The highest BCUT2D eigenvalue weighted by atomic mass is 16.4. The van der Waals surface area contributed by atoms with Crippen LogP contribution in [0.25, 0.3) is 0 Å². The number of hydrogen-bond donors (Lipinski definition) is 2. The minimum absolute atomic E-state index is 0.244. The first-order chi connectivity index (χ1) is 8.00. The van der Waals surface area contributed by atoms with Gasteiger partial charge in [0.1, 0.15) is 11.3 Å². The first kappa shape index (κ1) is 13.8. The van der Waals surface area contributed by atoms with Crippen molar-refractivity contribution in [3.8, 4) is 0 Å². The molecule has 0 saturated heterocycles. The number of nitrogens with one attached hydrogen (secondary N) is 1. The molecule has 2 N–H and O–H groups in total. The molecule has 4 heteroatoms. The van der Waals surface area contributed by atoms with Crippen LogP contribution in [-0.4, -0.2) is 17.1 Å². The SMILES string of the molecule is CC(C)CCC(C)NCc1occc1C(=O)O. The molecule has 1 rings (SSSR count). The third-order valence-corrected chi connectivity index (χ3v) is 2.76. The average Bonchev–Trinajstić information content (AvgIpc) is 2.71. The molecule has 1 aromatic heterocycles. The number of carboxylic acid groups (broad SMARTS) is 1. The van der Waals surface area contributed by atoms with Gasteiger partial charge in [0.25, 0.3) is 0 Å². The van der Waals surface area contributed by atoms with E-state index in [1.54, 1.807) is 0 Å². The van der Waals surface area contributed by atoms with Gasteiger partial charge in [0.05, 0.1) is 12.8 Å². The van der Waals surface area contributed by atoms with Crippen molar-refractivity contribution >= 4 is 5.97 Å². The normalized spacial score (nSPS) is 12.9. The molecule has 1 atom stereocenters. The van der Waals surface area contributed by atoms with Gasteiger partial charge < -0.3 is 14.8 Å². The molecule has 0 aliphatic heterocycles. The summed E-state index contributed by atoms with van der Waals surface area (Å²) in [4.78, 5) is 10.9. The Morgan fingerprint density at radius 2 is 2.12 bits per heavy atom. The summed E-state index contributed by atoms with van der Waals surface area (Å²) in [6, 6.07) is 1.85. The second-order valence-corrected chi connectivity index (χ2v) is 4.82. The van der Waals surface area contributed by atoms with Crippen LogP contribution in [0.15, 0.2) is 16.7 Å². The zero-order chi connectivity index (χ0) is 12.8. The van der Waals surface area contributed by atoms with E-state index in [2.05, 4.69) is 26.1 Å². The fourth-order valence-corrected chi connectivity index (χ4v) is 1.62. The standard InChI is InChI=1S/C13H21NO3/c1-9(2)4-5-10(3)14-8-12-11(13(15)16)6-7-17-12/h6-7,9-10,14H,4-5,8H2,1-3H3,(H,15,16). The first-order valence-corrected chi connectivity index (χ1v) is 6.03. The lowest BCUT2D eigenvalue weighted by atomic mass is 10.0. The summed E-state index contributed by atoms with van der Waals surface area (Å²) < 4.78 is 5.16. The van der Waals surface area contributed by atoms with Crippen molar-refractivity contribution in [1.29, 1.82) is 0 Å². The fraction of sp³-hybridized carbons (Fsp3) is 0.615. The van der Waals surface area contributed by atoms with Gasteiger partial charge in [-0.05, 0) is 31.7 Å². The highest BCUT2D eigenvalue weighted by Crippen LogP contribution is 2.12. The summed E-state index contributed by atoms with van der Waals surface area (Å²) in [5.41, 5.74) is 0.244. The summed E-state index contributed by atoms with van der Waals surface area (Å²) in [6.07, 6.45) is 3.66. The van der Waals surface area contributed by atoms with Crippen LogP contribution in [0, 0.1) is 5.92 Å². The summed E-state index contributed by atoms with van der Waals surface area (Å²) in [5.74, 6) is 0.247. The molecule has 0 aliphatic rings. The summed E-state index contributed by atoms with van der Waals surface area (Å²) in [7, 11) is 0. The van der Waals surface area contributed by atoms with Gasteiger partial charge in [-0.15, -0.1) is 0 Å². The molecule has 0 spiro atoms. The van der Waals surface area contributed by atoms with E-state index in [9.17, 15) is 4.79 Å². The van der Waals surface area contributed by atoms with Gasteiger partial charge in [-0.1, -0.05) is 13.8 Å². The van der Waals surface area contributed by atoms with Crippen LogP contribution < -0.4 is 5.32 Å². The van der Waals surface area contributed by atoms with E-state index in [4.69, 9.17) is 9.52 Å². The lowest BCUT2D eigenvalue weighted by molar-refractivity contribution is 0.0694. The number of aromatic carboxylic acids is 1. The fourth-order valence-electron chi connectivity index (χ4n) is 1.62. The van der Waals surface area contributed by atoms with Gasteiger partial charge in [-0.2, -0.15) is 0 Å². The van der Waals surface area contributed by atoms with Crippen LogP contribution in [0.5, 0.6) is 0 Å². The lowest BCUT2D eigenvalue weighted by Crippen LogP contribution is -2.26. The van der Waals surface area contributed by atoms with Gasteiger partial charge in [-0.25, -0.2) is 4.79 Å². The van der Waals surface area contributed by atoms with Crippen molar-refractivity contribution in [3.63, 3.8) is 0 Å². The Morgan fingerprint density at radius 3 is 2.71 bits per heavy atom. The van der Waals surface area contributed by atoms with Crippen LogP contribution in [0.2, 0.25) is 0 Å². The largest absolute Gasteiger partial charge is 0.478 e. The molecule has 0 saturated carbocycles. The van der Waals surface area contributed by atoms with Crippen molar-refractivity contribution in [1.82, 2.24) is 5.32 Å². The minimum Gasteiger partial charge on any atom is -0.478 e. The molecule has 0 fully saturated rings. The molecular weight excluding hydrogens is 218 g/mol. The van der Waals surface area contributed by atoms with Crippen molar-refractivity contribution in [2.75, 3.05) is 0 Å². The smallest absolute Gasteiger partial charge is 0.339 e. The van der Waals surface area contributed by atoms with E-state index in [1.807, 2.05) is 0 Å². The average molecular weight is 239 g/mol. The third-order valence-electron chi connectivity index (χ3n) is 2.76. The molecule has 4 nitrogen and oxygen atoms in total. The molecule has 1 aromatic rings. The van der Waals surface area contributed by atoms with Crippen molar-refractivity contribution in [3.05, 3.63) is 23.7 Å². The van der Waals surface area contributed by atoms with E-state index < -0.39 is 5.97 Å². The van der Waals surface area contributed by atoms with Gasteiger partial charge in [0.2, 0.25) is 0 Å². The van der Waals surface area contributed by atoms with Crippen molar-refractivity contribution in [2.24, 2.45) is 5.92 Å². The number of furan rings is 1. The van der Waals surface area contributed by atoms with E-state index in [0.29, 0.717) is 24.3 Å². The molecule has 17 heavy (non-hydrogen) atoms. The summed E-state index contributed by atoms with van der Waals surface area (Å²) in [5, 5.41) is 12.2. The zero-order valence-electron chi connectivity index (χ0n) is 10.7. The molecule has 0 aliphatic carbocycles. The molecule has 0 amide bonds. The Balaban J connectivity index is 2.39. The zero-order valence-corrected chi connectivity index (χ0v) is 10.7. The first-order valence-electron chi connectivity index (χ1n) is 6.03. The molecular formula is C13H21NO3. The van der Waals surface area contributed by atoms with Gasteiger partial charge in [0, 0.05) is 6.04 Å². The summed E-state index contributed by atoms with van der Waals surface area (Å²) >= 11 is 0. The lowest BCUT2D eigenvalue weighted by Gasteiger charge is -2.14. The number of hydrogen-bond acceptors (Lipinski definition) is 3. The molecule has 1 heterocycles. The molecule has 0 radical (unpaired) electrons. The topological polar surface area (TPSA) is 62.5 Å². The van der Waals surface area contributed by atoms with Crippen molar-refractivity contribution in [2.45, 2.75) is 46.2 Å². The highest BCUT2D eigenvalue weighted by molar-refractivity contribution is 5.88. The number of carboxylic acids is 1. The monoisotopic (exact) mass is 239 g/mol. The second-order valence-electron chi connectivity index (χ2n) is 4.82. The molecule has 0 aromatic carbocycles. The second kappa shape index (κ2) is 6.45. The van der Waals surface area contributed by atoms with E-state index in [1.165, 1.54) is 12.3 Å².